The van der Waals surface area contributed by atoms with Gasteiger partial charge in [-0.2, -0.15) is 0 Å². The van der Waals surface area contributed by atoms with Crippen LogP contribution in [0.5, 0.6) is 11.5 Å². The number of nitrogens with zero attached hydrogens (tertiary/aromatic N) is 1. The zero-order valence-electron chi connectivity index (χ0n) is 18.8. The third kappa shape index (κ3) is 5.69. The lowest BCUT2D eigenvalue weighted by Crippen LogP contribution is -2.15. The van der Waals surface area contributed by atoms with E-state index in [0.717, 1.165) is 48.3 Å². The first-order chi connectivity index (χ1) is 15.9. The fourth-order valence-electron chi connectivity index (χ4n) is 3.25. The Morgan fingerprint density at radius 2 is 1.82 bits per heavy atom. The molecule has 0 saturated heterocycles. The summed E-state index contributed by atoms with van der Waals surface area (Å²) in [7, 11) is -0.799. The SMILES string of the molecule is C=C1SC=C(c2ccc3c(c2)OCCO3)Nc2nc(C)sc21.CCS(=O)c1ccc(C)cc1. The van der Waals surface area contributed by atoms with Crippen LogP contribution in [0.15, 0.2) is 59.3 Å². The number of thiazole rings is 1. The Morgan fingerprint density at radius 3 is 2.55 bits per heavy atom. The fraction of sp³-hybridized carbons (Fsp3) is 0.240. The molecule has 172 valence electrons. The molecule has 2 aliphatic rings. The van der Waals surface area contributed by atoms with Crippen LogP contribution in [0.1, 0.15) is 27.9 Å². The van der Waals surface area contributed by atoms with E-state index in [2.05, 4.69) is 22.3 Å². The van der Waals surface area contributed by atoms with Crippen molar-refractivity contribution in [3.8, 4) is 11.5 Å². The summed E-state index contributed by atoms with van der Waals surface area (Å²) >= 11 is 3.27. The number of hydrogen-bond acceptors (Lipinski definition) is 7. The minimum Gasteiger partial charge on any atom is -0.486 e. The highest BCUT2D eigenvalue weighted by Crippen LogP contribution is 2.42. The highest BCUT2D eigenvalue weighted by atomic mass is 32.2. The molecule has 2 aromatic carbocycles. The highest BCUT2D eigenvalue weighted by molar-refractivity contribution is 8.11. The molecule has 3 heterocycles. The summed E-state index contributed by atoms with van der Waals surface area (Å²) in [6, 6.07) is 13.8. The Morgan fingerprint density at radius 1 is 1.09 bits per heavy atom. The molecule has 8 heteroatoms. The Bertz CT molecular complexity index is 1220. The van der Waals surface area contributed by atoms with Crippen LogP contribution < -0.4 is 14.8 Å². The molecule has 1 aromatic heterocycles. The summed E-state index contributed by atoms with van der Waals surface area (Å²) in [5.74, 6) is 3.16. The molecular weight excluding hydrogens is 472 g/mol. The van der Waals surface area contributed by atoms with Crippen molar-refractivity contribution in [2.45, 2.75) is 25.7 Å². The Hall–Kier alpha value is -2.55. The van der Waals surface area contributed by atoms with Crippen LogP contribution in [0.2, 0.25) is 0 Å². The largest absolute Gasteiger partial charge is 0.486 e. The van der Waals surface area contributed by atoms with Gasteiger partial charge in [-0.1, -0.05) is 43.0 Å². The first-order valence-electron chi connectivity index (χ1n) is 10.6. The van der Waals surface area contributed by atoms with E-state index in [1.165, 1.54) is 5.56 Å². The van der Waals surface area contributed by atoms with Crippen LogP contribution in [-0.2, 0) is 10.8 Å². The second-order valence-electron chi connectivity index (χ2n) is 7.41. The van der Waals surface area contributed by atoms with Crippen LogP contribution in [0.25, 0.3) is 10.6 Å². The normalized spacial score (nSPS) is 15.2. The maximum atomic E-state index is 11.2. The minimum atomic E-state index is -0.799. The Balaban J connectivity index is 0.000000200. The van der Waals surface area contributed by atoms with Crippen molar-refractivity contribution < 1.29 is 13.7 Å². The van der Waals surface area contributed by atoms with Gasteiger partial charge >= 0.3 is 0 Å². The molecule has 0 saturated carbocycles. The van der Waals surface area contributed by atoms with Gasteiger partial charge in [0.1, 0.15) is 19.0 Å². The van der Waals surface area contributed by atoms with E-state index in [4.69, 9.17) is 9.47 Å². The van der Waals surface area contributed by atoms with E-state index in [1.807, 2.05) is 63.2 Å². The predicted octanol–water partition coefficient (Wildman–Crippen LogP) is 6.47. The van der Waals surface area contributed by atoms with Crippen LogP contribution >= 0.6 is 23.1 Å². The molecule has 3 aromatic rings. The van der Waals surface area contributed by atoms with Gasteiger partial charge in [-0.3, -0.25) is 4.21 Å². The maximum Gasteiger partial charge on any atom is 0.162 e. The zero-order valence-corrected chi connectivity index (χ0v) is 21.3. The van der Waals surface area contributed by atoms with Gasteiger partial charge in [0.25, 0.3) is 0 Å². The summed E-state index contributed by atoms with van der Waals surface area (Å²) in [5.41, 5.74) is 3.25. The van der Waals surface area contributed by atoms with E-state index in [1.54, 1.807) is 23.1 Å². The molecule has 0 radical (unpaired) electrons. The van der Waals surface area contributed by atoms with Crippen molar-refractivity contribution in [2.75, 3.05) is 24.3 Å². The first-order valence-corrected chi connectivity index (χ1v) is 13.6. The summed E-state index contributed by atoms with van der Waals surface area (Å²) in [5, 5.41) is 6.51. The number of hydrogen-bond donors (Lipinski definition) is 1. The molecule has 0 bridgehead atoms. The maximum absolute atomic E-state index is 11.2. The number of thioether (sulfide) groups is 1. The molecule has 33 heavy (non-hydrogen) atoms. The molecule has 5 nitrogen and oxygen atoms in total. The molecule has 0 aliphatic carbocycles. The smallest absolute Gasteiger partial charge is 0.162 e. The van der Waals surface area contributed by atoms with Gasteiger partial charge in [0.05, 0.1) is 26.4 Å². The van der Waals surface area contributed by atoms with Gasteiger partial charge in [0, 0.05) is 26.5 Å². The number of rotatable bonds is 3. The molecule has 5 rings (SSSR count). The number of benzene rings is 2. The number of nitrogens with one attached hydrogen (secondary N) is 1. The van der Waals surface area contributed by atoms with Crippen molar-refractivity contribution in [3.05, 3.63) is 75.5 Å². The molecule has 0 fully saturated rings. The van der Waals surface area contributed by atoms with Gasteiger partial charge in [-0.05, 0) is 44.2 Å². The highest BCUT2D eigenvalue weighted by Gasteiger charge is 2.19. The average Bonchev–Trinajstić information content (AvgIpc) is 3.14. The molecule has 0 amide bonds. The van der Waals surface area contributed by atoms with Crippen LogP contribution in [0.4, 0.5) is 5.82 Å². The summed E-state index contributed by atoms with van der Waals surface area (Å²) in [4.78, 5) is 7.61. The fourth-order valence-corrected chi connectivity index (χ4v) is 5.69. The average molecular weight is 499 g/mol. The quantitative estimate of drug-likeness (QED) is 0.446. The van der Waals surface area contributed by atoms with Crippen LogP contribution in [0.3, 0.4) is 0 Å². The van der Waals surface area contributed by atoms with Crippen molar-refractivity contribution in [1.29, 1.82) is 0 Å². The Kier molecular flexibility index (Phi) is 7.57. The van der Waals surface area contributed by atoms with Gasteiger partial charge in [-0.15, -0.1) is 11.3 Å². The lowest BCUT2D eigenvalue weighted by molar-refractivity contribution is 0.171. The third-order valence-electron chi connectivity index (χ3n) is 4.96. The number of aryl methyl sites for hydroxylation is 2. The van der Waals surface area contributed by atoms with Crippen molar-refractivity contribution in [1.82, 2.24) is 4.98 Å². The van der Waals surface area contributed by atoms with E-state index in [0.29, 0.717) is 19.0 Å². The van der Waals surface area contributed by atoms with Crippen molar-refractivity contribution >= 4 is 50.3 Å². The second-order valence-corrected chi connectivity index (χ2v) is 11.3. The zero-order chi connectivity index (χ0) is 23.4. The third-order valence-corrected chi connectivity index (χ3v) is 8.28. The Labute approximate surface area is 205 Å². The monoisotopic (exact) mass is 498 g/mol. The second kappa shape index (κ2) is 10.6. The standard InChI is InChI=1S/C16H14N2O2S2.C9H12OS/c1-9-15-16(17-10(2)22-15)18-12(8-21-9)11-3-4-13-14(7-11)20-6-5-19-13;1-3-11(10)9-6-4-8(2)5-7-9/h3-4,7-8,18H,1,5-6H2,2H3;4-7H,3H2,1-2H3. The van der Waals surface area contributed by atoms with E-state index < -0.39 is 10.8 Å². The molecule has 1 unspecified atom stereocenters. The van der Waals surface area contributed by atoms with E-state index in [9.17, 15) is 4.21 Å². The lowest BCUT2D eigenvalue weighted by atomic mass is 10.1. The summed E-state index contributed by atoms with van der Waals surface area (Å²) in [6.45, 7) is 11.3. The number of anilines is 1. The van der Waals surface area contributed by atoms with Crippen molar-refractivity contribution in [2.24, 2.45) is 0 Å². The summed E-state index contributed by atoms with van der Waals surface area (Å²) < 4.78 is 22.5. The number of aromatic nitrogens is 1. The molecule has 1 atom stereocenters. The van der Waals surface area contributed by atoms with E-state index >= 15 is 0 Å². The van der Waals surface area contributed by atoms with Gasteiger partial charge in [0.2, 0.25) is 0 Å². The molecule has 0 spiro atoms. The van der Waals surface area contributed by atoms with Gasteiger partial charge in [0.15, 0.2) is 11.5 Å². The molecule has 2 aliphatic heterocycles. The first kappa shape index (κ1) is 23.6. The van der Waals surface area contributed by atoms with Gasteiger partial charge in [-0.25, -0.2) is 4.98 Å². The van der Waals surface area contributed by atoms with Gasteiger partial charge < -0.3 is 14.8 Å². The van der Waals surface area contributed by atoms with Crippen LogP contribution in [-0.4, -0.2) is 28.2 Å². The minimum absolute atomic E-state index is 0.587. The lowest BCUT2D eigenvalue weighted by Gasteiger charge is -2.19. The van der Waals surface area contributed by atoms with Crippen LogP contribution in [0, 0.1) is 13.8 Å². The van der Waals surface area contributed by atoms with Crippen molar-refractivity contribution in [3.63, 3.8) is 0 Å². The summed E-state index contributed by atoms with van der Waals surface area (Å²) in [6.07, 6.45) is 0. The number of ether oxygens (including phenoxy) is 2. The van der Waals surface area contributed by atoms with E-state index in [-0.39, 0.29) is 0 Å². The topological polar surface area (TPSA) is 60.5 Å². The predicted molar refractivity (Wildman–Crippen MR) is 141 cm³/mol. The molecule has 1 N–H and O–H groups in total. The molecular formula is C25H26N2O3S3. The number of fused-ring (bicyclic) bond motifs is 2.